The minimum atomic E-state index is 0.389. The fraction of sp³-hybridized carbons (Fsp3) is 0.333. The van der Waals surface area contributed by atoms with Gasteiger partial charge in [0, 0.05) is 21.0 Å². The van der Waals surface area contributed by atoms with E-state index in [1.165, 1.54) is 34.0 Å². The van der Waals surface area contributed by atoms with E-state index in [1.807, 2.05) is 0 Å². The molecule has 0 saturated heterocycles. The lowest BCUT2D eigenvalue weighted by molar-refractivity contribution is 0.413. The zero-order chi connectivity index (χ0) is 14.8. The molecule has 110 valence electrons. The van der Waals surface area contributed by atoms with Crippen LogP contribution in [0.1, 0.15) is 36.1 Å². The Balaban J connectivity index is 1.66. The highest BCUT2D eigenvalue weighted by Gasteiger charge is 2.20. The Bertz CT molecular complexity index is 622. The number of fused-ring (bicyclic) bond motifs is 1. The third-order valence-electron chi connectivity index (χ3n) is 4.25. The van der Waals surface area contributed by atoms with E-state index in [1.54, 1.807) is 0 Å². The van der Waals surface area contributed by atoms with E-state index in [0.717, 1.165) is 10.9 Å². The van der Waals surface area contributed by atoms with Gasteiger partial charge in [0.2, 0.25) is 0 Å². The van der Waals surface area contributed by atoms with Crippen LogP contribution in [-0.4, -0.2) is 6.04 Å². The van der Waals surface area contributed by atoms with Crippen molar-refractivity contribution in [3.05, 3.63) is 68.1 Å². The Morgan fingerprint density at radius 3 is 2.48 bits per heavy atom. The van der Waals surface area contributed by atoms with Gasteiger partial charge in [-0.15, -0.1) is 0 Å². The molecule has 1 aliphatic carbocycles. The first-order valence-electron chi connectivity index (χ1n) is 7.40. The van der Waals surface area contributed by atoms with E-state index in [2.05, 4.69) is 86.6 Å². The van der Waals surface area contributed by atoms with Gasteiger partial charge in [-0.05, 0) is 67.1 Å². The van der Waals surface area contributed by atoms with Gasteiger partial charge in [0.25, 0.3) is 0 Å². The summed E-state index contributed by atoms with van der Waals surface area (Å²) >= 11 is 7.06. The molecule has 1 nitrogen and oxygen atoms in total. The maximum Gasteiger partial charge on any atom is 0.0294 e. The summed E-state index contributed by atoms with van der Waals surface area (Å²) in [4.78, 5) is 0. The summed E-state index contributed by atoms with van der Waals surface area (Å²) in [6.07, 6.45) is 3.51. The highest BCUT2D eigenvalue weighted by Crippen LogP contribution is 2.26. The van der Waals surface area contributed by atoms with Crippen molar-refractivity contribution >= 4 is 31.9 Å². The molecule has 0 amide bonds. The van der Waals surface area contributed by atoms with Gasteiger partial charge in [-0.2, -0.15) is 0 Å². The van der Waals surface area contributed by atoms with Gasteiger partial charge < -0.3 is 5.32 Å². The molecule has 2 aromatic carbocycles. The van der Waals surface area contributed by atoms with Gasteiger partial charge in [0.1, 0.15) is 0 Å². The number of hydrogen-bond donors (Lipinski definition) is 1. The molecule has 0 bridgehead atoms. The molecule has 0 fully saturated rings. The monoisotopic (exact) mass is 407 g/mol. The number of nitrogens with one attached hydrogen (secondary N) is 1. The van der Waals surface area contributed by atoms with Crippen LogP contribution in [0.5, 0.6) is 0 Å². The molecule has 3 rings (SSSR count). The van der Waals surface area contributed by atoms with Gasteiger partial charge in [0.15, 0.2) is 0 Å². The van der Waals surface area contributed by atoms with Gasteiger partial charge in [-0.25, -0.2) is 0 Å². The first-order valence-corrected chi connectivity index (χ1v) is 8.99. The smallest absolute Gasteiger partial charge is 0.0294 e. The lowest BCUT2D eigenvalue weighted by atomic mass is 9.88. The lowest BCUT2D eigenvalue weighted by Crippen LogP contribution is -2.36. The first kappa shape index (κ1) is 15.3. The maximum absolute atomic E-state index is 3.78. The average molecular weight is 409 g/mol. The highest BCUT2D eigenvalue weighted by atomic mass is 79.9. The predicted octanol–water partition coefficient (Wildman–Crippen LogP) is 5.42. The number of benzene rings is 2. The van der Waals surface area contributed by atoms with Crippen LogP contribution in [-0.2, 0) is 12.8 Å². The van der Waals surface area contributed by atoms with Gasteiger partial charge in [-0.1, -0.05) is 50.1 Å². The Kier molecular flexibility index (Phi) is 4.82. The van der Waals surface area contributed by atoms with E-state index in [0.29, 0.717) is 12.1 Å². The van der Waals surface area contributed by atoms with E-state index >= 15 is 0 Å². The topological polar surface area (TPSA) is 12.0 Å². The van der Waals surface area contributed by atoms with Crippen LogP contribution in [0.25, 0.3) is 0 Å². The number of aryl methyl sites for hydroxylation is 1. The second kappa shape index (κ2) is 6.64. The summed E-state index contributed by atoms with van der Waals surface area (Å²) in [7, 11) is 0. The molecular weight excluding hydrogens is 390 g/mol. The molecule has 0 aromatic heterocycles. The molecule has 2 aromatic rings. The zero-order valence-electron chi connectivity index (χ0n) is 12.1. The van der Waals surface area contributed by atoms with Gasteiger partial charge in [0.05, 0.1) is 0 Å². The predicted molar refractivity (Wildman–Crippen MR) is 95.6 cm³/mol. The Morgan fingerprint density at radius 1 is 1.00 bits per heavy atom. The van der Waals surface area contributed by atoms with Gasteiger partial charge >= 0.3 is 0 Å². The fourth-order valence-electron chi connectivity index (χ4n) is 3.07. The van der Waals surface area contributed by atoms with Crippen LogP contribution in [0.3, 0.4) is 0 Å². The lowest BCUT2D eigenvalue weighted by Gasteiger charge is -2.29. The molecule has 2 unspecified atom stereocenters. The van der Waals surface area contributed by atoms with Crippen LogP contribution in [0.15, 0.2) is 51.4 Å². The van der Waals surface area contributed by atoms with Crippen molar-refractivity contribution in [1.29, 1.82) is 0 Å². The summed E-state index contributed by atoms with van der Waals surface area (Å²) in [5.41, 5.74) is 4.34. The summed E-state index contributed by atoms with van der Waals surface area (Å²) in [5.74, 6) is 0. The van der Waals surface area contributed by atoms with E-state index < -0.39 is 0 Å². The van der Waals surface area contributed by atoms with Crippen LogP contribution in [0.2, 0.25) is 0 Å². The quantitative estimate of drug-likeness (QED) is 0.714. The van der Waals surface area contributed by atoms with Crippen molar-refractivity contribution < 1.29 is 0 Å². The summed E-state index contributed by atoms with van der Waals surface area (Å²) in [6.45, 7) is 2.25. The van der Waals surface area contributed by atoms with Crippen molar-refractivity contribution in [2.75, 3.05) is 0 Å². The SMILES string of the molecule is CC(NC1CCc2cc(Br)ccc2C1)c1ccc(Br)cc1. The molecule has 1 N–H and O–H groups in total. The molecule has 0 heterocycles. The van der Waals surface area contributed by atoms with Crippen molar-refractivity contribution in [2.24, 2.45) is 0 Å². The average Bonchev–Trinajstić information content (AvgIpc) is 2.48. The Labute approximate surface area is 143 Å². The molecule has 3 heteroatoms. The summed E-state index contributed by atoms with van der Waals surface area (Å²) < 4.78 is 2.33. The molecular formula is C18H19Br2N. The minimum absolute atomic E-state index is 0.389. The van der Waals surface area contributed by atoms with Crippen LogP contribution in [0, 0.1) is 0 Å². The molecule has 2 atom stereocenters. The largest absolute Gasteiger partial charge is 0.307 e. The zero-order valence-corrected chi connectivity index (χ0v) is 15.2. The molecule has 0 saturated carbocycles. The van der Waals surface area contributed by atoms with Crippen molar-refractivity contribution in [3.63, 3.8) is 0 Å². The second-order valence-corrected chi connectivity index (χ2v) is 7.62. The van der Waals surface area contributed by atoms with E-state index in [4.69, 9.17) is 0 Å². The van der Waals surface area contributed by atoms with Crippen LogP contribution < -0.4 is 5.32 Å². The van der Waals surface area contributed by atoms with Gasteiger partial charge in [-0.3, -0.25) is 0 Å². The molecule has 0 spiro atoms. The van der Waals surface area contributed by atoms with Crippen LogP contribution >= 0.6 is 31.9 Å². The van der Waals surface area contributed by atoms with E-state index in [-0.39, 0.29) is 0 Å². The molecule has 21 heavy (non-hydrogen) atoms. The molecule has 0 aliphatic heterocycles. The first-order chi connectivity index (χ1) is 10.1. The highest BCUT2D eigenvalue weighted by molar-refractivity contribution is 9.10. The fourth-order valence-corrected chi connectivity index (χ4v) is 3.74. The number of halogens is 2. The minimum Gasteiger partial charge on any atom is -0.307 e. The molecule has 0 radical (unpaired) electrons. The second-order valence-electron chi connectivity index (χ2n) is 5.79. The van der Waals surface area contributed by atoms with Crippen molar-refractivity contribution in [1.82, 2.24) is 5.32 Å². The number of hydrogen-bond acceptors (Lipinski definition) is 1. The third-order valence-corrected chi connectivity index (χ3v) is 5.27. The maximum atomic E-state index is 3.78. The standard InChI is InChI=1S/C18H19Br2N/c1-12(13-2-6-16(19)7-3-13)21-18-9-5-14-10-17(20)8-4-15(14)11-18/h2-4,6-8,10,12,18,21H,5,9,11H2,1H3. The Morgan fingerprint density at radius 2 is 1.71 bits per heavy atom. The van der Waals surface area contributed by atoms with Crippen LogP contribution in [0.4, 0.5) is 0 Å². The summed E-state index contributed by atoms with van der Waals surface area (Å²) in [6, 6.07) is 16.2. The van der Waals surface area contributed by atoms with Crippen molar-refractivity contribution in [2.45, 2.75) is 38.3 Å². The molecule has 1 aliphatic rings. The Hall–Kier alpha value is -0.640. The third kappa shape index (κ3) is 3.77. The summed E-state index contributed by atoms with van der Waals surface area (Å²) in [5, 5.41) is 3.78. The number of rotatable bonds is 3. The van der Waals surface area contributed by atoms with Crippen molar-refractivity contribution in [3.8, 4) is 0 Å². The normalized spacial score (nSPS) is 19.1. The van der Waals surface area contributed by atoms with E-state index in [9.17, 15) is 0 Å².